The topological polar surface area (TPSA) is 66.4 Å². The molecule has 3 rings (SSSR count). The summed E-state index contributed by atoms with van der Waals surface area (Å²) in [5.74, 6) is -0.672. The third-order valence-corrected chi connectivity index (χ3v) is 5.95. The predicted molar refractivity (Wildman–Crippen MR) is 89.7 cm³/mol. The van der Waals surface area contributed by atoms with Crippen molar-refractivity contribution in [3.63, 3.8) is 0 Å². The van der Waals surface area contributed by atoms with Crippen molar-refractivity contribution in [3.05, 3.63) is 64.9 Å². The highest BCUT2D eigenvalue weighted by atomic mass is 35.5. The van der Waals surface area contributed by atoms with Crippen LogP contribution in [-0.2, 0) is 15.6 Å². The summed E-state index contributed by atoms with van der Waals surface area (Å²) in [5, 5.41) is 10.8. The van der Waals surface area contributed by atoms with Crippen molar-refractivity contribution in [2.24, 2.45) is 5.92 Å². The van der Waals surface area contributed by atoms with Crippen LogP contribution < -0.4 is 4.72 Å². The summed E-state index contributed by atoms with van der Waals surface area (Å²) >= 11 is 5.65. The number of rotatable bonds is 6. The Bertz CT molecular complexity index is 840. The van der Waals surface area contributed by atoms with Crippen molar-refractivity contribution in [2.75, 3.05) is 6.54 Å². The van der Waals surface area contributed by atoms with Crippen LogP contribution in [0.2, 0.25) is 5.02 Å². The molecule has 0 unspecified atom stereocenters. The Balaban J connectivity index is 1.83. The van der Waals surface area contributed by atoms with Gasteiger partial charge in [0.2, 0.25) is 10.0 Å². The van der Waals surface area contributed by atoms with Crippen molar-refractivity contribution < 1.29 is 17.9 Å². The smallest absolute Gasteiger partial charge is 0.240 e. The molecule has 1 fully saturated rings. The second-order valence-corrected chi connectivity index (χ2v) is 8.14. The lowest BCUT2D eigenvalue weighted by molar-refractivity contribution is 0.0185. The minimum absolute atomic E-state index is 0.0133. The van der Waals surface area contributed by atoms with Crippen molar-refractivity contribution >= 4 is 21.6 Å². The number of aliphatic hydroxyl groups is 1. The van der Waals surface area contributed by atoms with Crippen LogP contribution in [0.1, 0.15) is 18.4 Å². The monoisotopic (exact) mass is 369 g/mol. The Labute approximate surface area is 145 Å². The maximum atomic E-state index is 13.2. The molecule has 0 aliphatic heterocycles. The third-order valence-electron chi connectivity index (χ3n) is 4.26. The molecule has 1 aliphatic rings. The number of nitrogens with one attached hydrogen (secondary N) is 1. The first-order valence-corrected chi connectivity index (χ1v) is 9.42. The molecule has 0 spiro atoms. The number of hydrogen-bond acceptors (Lipinski definition) is 3. The van der Waals surface area contributed by atoms with Gasteiger partial charge in [0.05, 0.1) is 9.92 Å². The van der Waals surface area contributed by atoms with E-state index in [1.54, 1.807) is 24.3 Å². The highest BCUT2D eigenvalue weighted by Crippen LogP contribution is 2.45. The van der Waals surface area contributed by atoms with E-state index < -0.39 is 21.4 Å². The van der Waals surface area contributed by atoms with Gasteiger partial charge >= 0.3 is 0 Å². The van der Waals surface area contributed by atoms with Crippen LogP contribution in [0.3, 0.4) is 0 Å². The van der Waals surface area contributed by atoms with Crippen molar-refractivity contribution in [3.8, 4) is 0 Å². The first-order valence-electron chi connectivity index (χ1n) is 7.55. The van der Waals surface area contributed by atoms with Crippen LogP contribution in [-0.4, -0.2) is 20.1 Å². The van der Waals surface area contributed by atoms with Gasteiger partial charge in [-0.2, -0.15) is 0 Å². The van der Waals surface area contributed by atoms with Gasteiger partial charge in [-0.25, -0.2) is 17.5 Å². The first kappa shape index (κ1) is 17.4. The highest BCUT2D eigenvalue weighted by Gasteiger charge is 2.45. The van der Waals surface area contributed by atoms with Gasteiger partial charge < -0.3 is 5.11 Å². The van der Waals surface area contributed by atoms with Crippen molar-refractivity contribution in [2.45, 2.75) is 23.3 Å². The molecular formula is C17H17ClFNO3S. The maximum absolute atomic E-state index is 13.2. The molecule has 0 heterocycles. The maximum Gasteiger partial charge on any atom is 0.240 e. The lowest BCUT2D eigenvalue weighted by atomic mass is 9.89. The molecule has 1 atom stereocenters. The summed E-state index contributed by atoms with van der Waals surface area (Å²) in [5.41, 5.74) is -0.592. The average Bonchev–Trinajstić information content (AvgIpc) is 3.41. The third kappa shape index (κ3) is 3.47. The quantitative estimate of drug-likeness (QED) is 0.822. The molecule has 2 aromatic carbocycles. The lowest BCUT2D eigenvalue weighted by Gasteiger charge is -2.29. The SMILES string of the molecule is O=S(=O)(NC[C@@](O)(c1ccccc1)C1CC1)c1ccc(F)c(Cl)c1. The molecule has 0 aromatic heterocycles. The van der Waals surface area contributed by atoms with Crippen LogP contribution in [0, 0.1) is 11.7 Å². The molecule has 0 radical (unpaired) electrons. The number of hydrogen-bond donors (Lipinski definition) is 2. The van der Waals surface area contributed by atoms with Gasteiger partial charge in [0.15, 0.2) is 0 Å². The molecule has 0 amide bonds. The van der Waals surface area contributed by atoms with E-state index in [-0.39, 0.29) is 22.4 Å². The van der Waals surface area contributed by atoms with Gasteiger partial charge in [0, 0.05) is 6.54 Å². The van der Waals surface area contributed by atoms with Gasteiger partial charge in [-0.15, -0.1) is 0 Å². The summed E-state index contributed by atoms with van der Waals surface area (Å²) in [6, 6.07) is 12.2. The molecular weight excluding hydrogens is 353 g/mol. The highest BCUT2D eigenvalue weighted by molar-refractivity contribution is 7.89. The largest absolute Gasteiger partial charge is 0.383 e. The molecule has 24 heavy (non-hydrogen) atoms. The molecule has 7 heteroatoms. The van der Waals surface area contributed by atoms with Crippen LogP contribution >= 0.6 is 11.6 Å². The van der Waals surface area contributed by atoms with E-state index in [2.05, 4.69) is 4.72 Å². The van der Waals surface area contributed by atoms with Crippen LogP contribution in [0.15, 0.2) is 53.4 Å². The van der Waals surface area contributed by atoms with E-state index in [9.17, 15) is 17.9 Å². The van der Waals surface area contributed by atoms with E-state index in [1.807, 2.05) is 6.07 Å². The molecule has 2 aromatic rings. The first-order chi connectivity index (χ1) is 11.3. The normalized spacial score (nSPS) is 17.5. The molecule has 0 bridgehead atoms. The average molecular weight is 370 g/mol. The van der Waals surface area contributed by atoms with Crippen molar-refractivity contribution in [1.29, 1.82) is 0 Å². The Kier molecular flexibility index (Phi) is 4.66. The Morgan fingerprint density at radius 1 is 1.21 bits per heavy atom. The fraction of sp³-hybridized carbons (Fsp3) is 0.294. The van der Waals surface area contributed by atoms with Gasteiger partial charge in [0.25, 0.3) is 0 Å². The summed E-state index contributed by atoms with van der Waals surface area (Å²) in [6.07, 6.45) is 1.69. The van der Waals surface area contributed by atoms with Gasteiger partial charge in [-0.3, -0.25) is 0 Å². The second kappa shape index (κ2) is 6.44. The summed E-state index contributed by atoms with van der Waals surface area (Å²) in [6.45, 7) is -0.154. The van der Waals surface area contributed by atoms with Crippen LogP contribution in [0.25, 0.3) is 0 Å². The second-order valence-electron chi connectivity index (χ2n) is 5.97. The molecule has 4 nitrogen and oxygen atoms in total. The Morgan fingerprint density at radius 2 is 1.88 bits per heavy atom. The predicted octanol–water partition coefficient (Wildman–Crippen LogP) is 3.06. The standard InChI is InChI=1S/C17H17ClFNO3S/c18-15-10-14(8-9-16(15)19)24(22,23)20-11-17(21,13-6-7-13)12-4-2-1-3-5-12/h1-5,8-10,13,20-21H,6-7,11H2/t17-/m1/s1. The lowest BCUT2D eigenvalue weighted by Crippen LogP contribution is -2.42. The Morgan fingerprint density at radius 3 is 2.46 bits per heavy atom. The van der Waals surface area contributed by atoms with E-state index >= 15 is 0 Å². The van der Waals surface area contributed by atoms with Gasteiger partial charge in [-0.1, -0.05) is 41.9 Å². The fourth-order valence-electron chi connectivity index (χ4n) is 2.70. The van der Waals surface area contributed by atoms with Crippen molar-refractivity contribution in [1.82, 2.24) is 4.72 Å². The summed E-state index contributed by atoms with van der Waals surface area (Å²) in [4.78, 5) is -0.139. The zero-order valence-electron chi connectivity index (χ0n) is 12.7. The number of sulfonamides is 1. The molecule has 0 saturated heterocycles. The summed E-state index contributed by atoms with van der Waals surface area (Å²) < 4.78 is 40.5. The number of halogens is 2. The minimum Gasteiger partial charge on any atom is -0.383 e. The van der Waals surface area contributed by atoms with E-state index in [0.29, 0.717) is 5.56 Å². The van der Waals surface area contributed by atoms with E-state index in [1.165, 1.54) is 0 Å². The zero-order valence-corrected chi connectivity index (χ0v) is 14.3. The minimum atomic E-state index is -3.91. The Hall–Kier alpha value is -1.47. The molecule has 1 saturated carbocycles. The zero-order chi connectivity index (χ0) is 17.4. The van der Waals surface area contributed by atoms with E-state index in [4.69, 9.17) is 11.6 Å². The molecule has 1 aliphatic carbocycles. The number of benzene rings is 2. The van der Waals surface area contributed by atoms with Crippen LogP contribution in [0.5, 0.6) is 0 Å². The molecule has 128 valence electrons. The van der Waals surface area contributed by atoms with Gasteiger partial charge in [-0.05, 0) is 42.5 Å². The van der Waals surface area contributed by atoms with Crippen LogP contribution in [0.4, 0.5) is 4.39 Å². The molecule has 2 N–H and O–H groups in total. The fourth-order valence-corrected chi connectivity index (χ4v) is 4.04. The van der Waals surface area contributed by atoms with Gasteiger partial charge in [0.1, 0.15) is 11.4 Å². The van der Waals surface area contributed by atoms with E-state index in [0.717, 1.165) is 31.0 Å². The summed E-state index contributed by atoms with van der Waals surface area (Å²) in [7, 11) is -3.91.